The van der Waals surface area contributed by atoms with Crippen LogP contribution in [0, 0.1) is 0 Å². The molecule has 1 aliphatic carbocycles. The second-order valence-electron chi connectivity index (χ2n) is 9.33. The Bertz CT molecular complexity index is 871. The second kappa shape index (κ2) is 9.43. The summed E-state index contributed by atoms with van der Waals surface area (Å²) in [4.78, 5) is 20.2. The van der Waals surface area contributed by atoms with Gasteiger partial charge in [-0.2, -0.15) is 5.10 Å². The Morgan fingerprint density at radius 3 is 2.65 bits per heavy atom. The van der Waals surface area contributed by atoms with Crippen molar-refractivity contribution < 1.29 is 4.79 Å². The van der Waals surface area contributed by atoms with E-state index in [1.54, 1.807) is 0 Å². The van der Waals surface area contributed by atoms with E-state index in [1.807, 2.05) is 0 Å². The van der Waals surface area contributed by atoms with Gasteiger partial charge in [0.1, 0.15) is 0 Å². The molecule has 0 saturated carbocycles. The molecule has 2 fully saturated rings. The van der Waals surface area contributed by atoms with Crippen LogP contribution in [0.3, 0.4) is 0 Å². The van der Waals surface area contributed by atoms with Crippen molar-refractivity contribution in [3.05, 3.63) is 47.3 Å². The van der Waals surface area contributed by atoms with Gasteiger partial charge in [-0.05, 0) is 56.2 Å². The highest BCUT2D eigenvalue weighted by atomic mass is 16.2. The fraction of sp³-hybridized carbons (Fsp3) is 0.600. The summed E-state index contributed by atoms with van der Waals surface area (Å²) in [6, 6.07) is 11.2. The van der Waals surface area contributed by atoms with E-state index in [9.17, 15) is 4.79 Å². The summed E-state index contributed by atoms with van der Waals surface area (Å²) in [5.74, 6) is 0.306. The lowest BCUT2D eigenvalue weighted by molar-refractivity contribution is -0.133. The Morgan fingerprint density at radius 2 is 1.81 bits per heavy atom. The summed E-state index contributed by atoms with van der Waals surface area (Å²) in [7, 11) is 0. The van der Waals surface area contributed by atoms with E-state index in [0.717, 1.165) is 70.6 Å². The average Bonchev–Trinajstić information content (AvgIpc) is 3.26. The maximum atomic E-state index is 13.0. The predicted octanol–water partition coefficient (Wildman–Crippen LogP) is 3.03. The fourth-order valence-corrected chi connectivity index (χ4v) is 5.60. The first-order valence-electron chi connectivity index (χ1n) is 12.1. The first kappa shape index (κ1) is 20.6. The number of aromatic amines is 1. The summed E-state index contributed by atoms with van der Waals surface area (Å²) < 4.78 is 0. The quantitative estimate of drug-likeness (QED) is 0.806. The minimum absolute atomic E-state index is 0.306. The zero-order chi connectivity index (χ0) is 21.0. The Morgan fingerprint density at radius 1 is 1.00 bits per heavy atom. The van der Waals surface area contributed by atoms with Crippen LogP contribution in [0.4, 0.5) is 5.69 Å². The number of benzene rings is 1. The number of para-hydroxylation sites is 1. The molecule has 6 nitrogen and oxygen atoms in total. The first-order chi connectivity index (χ1) is 15.3. The van der Waals surface area contributed by atoms with Gasteiger partial charge in [-0.25, -0.2) is 0 Å². The minimum Gasteiger partial charge on any atom is -0.369 e. The SMILES string of the molecule is O=C(CCc1n[nH]c2c1CCCC2)N1CCC[C@@H](N2CCN(c3ccccc3)CC2)C1. The van der Waals surface area contributed by atoms with Gasteiger partial charge in [0.15, 0.2) is 0 Å². The van der Waals surface area contributed by atoms with Crippen LogP contribution in [-0.4, -0.2) is 71.2 Å². The highest BCUT2D eigenvalue weighted by Gasteiger charge is 2.30. The molecule has 166 valence electrons. The number of hydrogen-bond donors (Lipinski definition) is 1. The fourth-order valence-electron chi connectivity index (χ4n) is 5.60. The van der Waals surface area contributed by atoms with Gasteiger partial charge in [0.2, 0.25) is 5.91 Å². The van der Waals surface area contributed by atoms with E-state index in [-0.39, 0.29) is 0 Å². The summed E-state index contributed by atoms with van der Waals surface area (Å²) in [5, 5.41) is 7.74. The molecule has 1 N–H and O–H groups in total. The van der Waals surface area contributed by atoms with Crippen LogP contribution in [0.2, 0.25) is 0 Å². The number of rotatable bonds is 5. The van der Waals surface area contributed by atoms with Crippen LogP contribution in [0.25, 0.3) is 0 Å². The Kier molecular flexibility index (Phi) is 6.25. The zero-order valence-electron chi connectivity index (χ0n) is 18.6. The molecule has 6 heteroatoms. The van der Waals surface area contributed by atoms with E-state index in [2.05, 4.69) is 55.2 Å². The van der Waals surface area contributed by atoms with E-state index in [1.165, 1.54) is 36.2 Å². The molecular formula is C25H35N5O. The lowest BCUT2D eigenvalue weighted by Crippen LogP contribution is -2.55. The maximum Gasteiger partial charge on any atom is 0.223 e. The minimum atomic E-state index is 0.306. The molecule has 1 aromatic carbocycles. The third kappa shape index (κ3) is 4.64. The molecule has 2 aliphatic heterocycles. The Balaban J connectivity index is 1.12. The van der Waals surface area contributed by atoms with Crippen molar-refractivity contribution in [2.45, 2.75) is 57.4 Å². The number of H-pyrrole nitrogens is 1. The number of likely N-dealkylation sites (tertiary alicyclic amines) is 1. The van der Waals surface area contributed by atoms with Gasteiger partial charge in [-0.15, -0.1) is 0 Å². The zero-order valence-corrected chi connectivity index (χ0v) is 18.6. The smallest absolute Gasteiger partial charge is 0.223 e. The average molecular weight is 422 g/mol. The molecule has 0 spiro atoms. The van der Waals surface area contributed by atoms with Crippen LogP contribution in [0.1, 0.15) is 49.1 Å². The predicted molar refractivity (Wildman–Crippen MR) is 123 cm³/mol. The molecule has 2 aromatic rings. The monoisotopic (exact) mass is 421 g/mol. The van der Waals surface area contributed by atoms with E-state index in [4.69, 9.17) is 0 Å². The number of nitrogens with zero attached hydrogens (tertiary/aromatic N) is 4. The Labute approximate surface area is 185 Å². The van der Waals surface area contributed by atoms with Crippen molar-refractivity contribution in [2.24, 2.45) is 0 Å². The van der Waals surface area contributed by atoms with E-state index < -0.39 is 0 Å². The van der Waals surface area contributed by atoms with E-state index >= 15 is 0 Å². The lowest BCUT2D eigenvalue weighted by Gasteiger charge is -2.44. The normalized spacial score (nSPS) is 22.4. The largest absolute Gasteiger partial charge is 0.369 e. The number of amides is 1. The van der Waals surface area contributed by atoms with Crippen molar-refractivity contribution in [2.75, 3.05) is 44.2 Å². The molecule has 5 rings (SSSR count). The Hall–Kier alpha value is -2.34. The van der Waals surface area contributed by atoms with Gasteiger partial charge in [0, 0.05) is 69.5 Å². The first-order valence-corrected chi connectivity index (χ1v) is 12.1. The van der Waals surface area contributed by atoms with Crippen LogP contribution < -0.4 is 4.90 Å². The van der Waals surface area contributed by atoms with Gasteiger partial charge >= 0.3 is 0 Å². The van der Waals surface area contributed by atoms with Gasteiger partial charge < -0.3 is 9.80 Å². The van der Waals surface area contributed by atoms with Crippen LogP contribution in [-0.2, 0) is 24.1 Å². The number of carbonyl (C=O) groups excluding carboxylic acids is 1. The summed E-state index contributed by atoms with van der Waals surface area (Å²) in [5.41, 5.74) is 5.16. The molecule has 31 heavy (non-hydrogen) atoms. The molecule has 0 radical (unpaired) electrons. The number of aromatic nitrogens is 2. The molecule has 0 unspecified atom stereocenters. The van der Waals surface area contributed by atoms with Crippen molar-refractivity contribution >= 4 is 11.6 Å². The van der Waals surface area contributed by atoms with Crippen LogP contribution in [0.5, 0.6) is 0 Å². The van der Waals surface area contributed by atoms with Gasteiger partial charge in [0.25, 0.3) is 0 Å². The number of aryl methyl sites for hydroxylation is 2. The topological polar surface area (TPSA) is 55.5 Å². The standard InChI is InChI=1S/C25H35N5O/c31-25(13-12-24-22-10-4-5-11-23(22)26-27-24)30-14-6-9-21(19-30)29-17-15-28(16-18-29)20-7-2-1-3-8-20/h1-3,7-8,21H,4-6,9-19H2,(H,26,27)/t21-/m1/s1. The maximum absolute atomic E-state index is 13.0. The molecule has 2 saturated heterocycles. The lowest BCUT2D eigenvalue weighted by atomic mass is 9.94. The molecular weight excluding hydrogens is 386 g/mol. The number of hydrogen-bond acceptors (Lipinski definition) is 4. The number of nitrogens with one attached hydrogen (secondary N) is 1. The van der Waals surface area contributed by atoms with Gasteiger partial charge in [0.05, 0.1) is 5.69 Å². The van der Waals surface area contributed by atoms with Crippen molar-refractivity contribution in [3.8, 4) is 0 Å². The molecule has 1 amide bonds. The number of fused-ring (bicyclic) bond motifs is 1. The van der Waals surface area contributed by atoms with Crippen LogP contribution >= 0.6 is 0 Å². The van der Waals surface area contributed by atoms with Gasteiger partial charge in [-0.1, -0.05) is 18.2 Å². The molecule has 1 atom stereocenters. The number of carbonyl (C=O) groups is 1. The third-order valence-electron chi connectivity index (χ3n) is 7.42. The molecule has 3 heterocycles. The molecule has 3 aliphatic rings. The van der Waals surface area contributed by atoms with Crippen molar-refractivity contribution in [1.82, 2.24) is 20.0 Å². The van der Waals surface area contributed by atoms with E-state index in [0.29, 0.717) is 18.4 Å². The highest BCUT2D eigenvalue weighted by Crippen LogP contribution is 2.24. The molecule has 0 bridgehead atoms. The number of piperazine rings is 1. The summed E-state index contributed by atoms with van der Waals surface area (Å²) in [6.07, 6.45) is 8.43. The highest BCUT2D eigenvalue weighted by molar-refractivity contribution is 5.76. The number of piperidine rings is 1. The number of anilines is 1. The van der Waals surface area contributed by atoms with Crippen molar-refractivity contribution in [1.29, 1.82) is 0 Å². The van der Waals surface area contributed by atoms with Gasteiger partial charge in [-0.3, -0.25) is 14.8 Å². The molecule has 1 aromatic heterocycles. The summed E-state index contributed by atoms with van der Waals surface area (Å²) >= 11 is 0. The summed E-state index contributed by atoms with van der Waals surface area (Å²) in [6.45, 7) is 6.11. The van der Waals surface area contributed by atoms with Crippen molar-refractivity contribution in [3.63, 3.8) is 0 Å². The second-order valence-corrected chi connectivity index (χ2v) is 9.33. The van der Waals surface area contributed by atoms with Crippen LogP contribution in [0.15, 0.2) is 30.3 Å². The third-order valence-corrected chi connectivity index (χ3v) is 7.42.